The van der Waals surface area contributed by atoms with Gasteiger partial charge in [0.2, 0.25) is 0 Å². The van der Waals surface area contributed by atoms with E-state index in [-0.39, 0.29) is 31.8 Å². The van der Waals surface area contributed by atoms with Crippen molar-refractivity contribution in [2.45, 2.75) is 51.4 Å². The summed E-state index contributed by atoms with van der Waals surface area (Å²) in [6.07, 6.45) is 4.75. The third-order valence-corrected chi connectivity index (χ3v) is 7.29. The molecule has 3 aliphatic rings. The Morgan fingerprint density at radius 2 is 1.59 bits per heavy atom. The van der Waals surface area contributed by atoms with Crippen LogP contribution in [0.4, 0.5) is 26.0 Å². The molecule has 7 heteroatoms. The van der Waals surface area contributed by atoms with Crippen molar-refractivity contribution in [1.29, 1.82) is 0 Å². The topological polar surface area (TPSA) is 48.5 Å². The van der Waals surface area contributed by atoms with Crippen molar-refractivity contribution in [3.05, 3.63) is 47.7 Å². The van der Waals surface area contributed by atoms with Gasteiger partial charge in [0, 0.05) is 62.2 Å². The third-order valence-electron chi connectivity index (χ3n) is 7.29. The van der Waals surface area contributed by atoms with Crippen LogP contribution in [0.1, 0.15) is 54.6 Å². The van der Waals surface area contributed by atoms with Crippen molar-refractivity contribution in [1.82, 2.24) is 4.98 Å². The molecule has 0 bridgehead atoms. The Hall–Kier alpha value is -2.70. The second-order valence-corrected chi connectivity index (χ2v) is 9.66. The van der Waals surface area contributed by atoms with Crippen molar-refractivity contribution in [2.75, 3.05) is 41.3 Å². The van der Waals surface area contributed by atoms with Gasteiger partial charge in [0.15, 0.2) is 0 Å². The van der Waals surface area contributed by atoms with Gasteiger partial charge in [0.25, 0.3) is 11.8 Å². The number of nitrogens with one attached hydrogen (secondary N) is 1. The lowest BCUT2D eigenvalue weighted by Crippen LogP contribution is -2.39. The maximum absolute atomic E-state index is 13.5. The number of nitrogens with zero attached hydrogens (tertiary/aromatic N) is 3. The summed E-state index contributed by atoms with van der Waals surface area (Å²) in [6, 6.07) is 11.4. The van der Waals surface area contributed by atoms with Crippen LogP contribution in [0.5, 0.6) is 0 Å². The van der Waals surface area contributed by atoms with Crippen molar-refractivity contribution >= 4 is 23.1 Å². The first-order valence-corrected chi connectivity index (χ1v) is 11.6. The largest absolute Gasteiger partial charge is 0.371 e. The van der Waals surface area contributed by atoms with E-state index in [9.17, 15) is 13.6 Å². The SMILES string of the molecule is Cc1cc(NC(=O)c2ccccc2N2CCC3(CC2)CC3)cc(N2CCC(F)(F)CC2)n1. The van der Waals surface area contributed by atoms with Gasteiger partial charge in [0.1, 0.15) is 5.82 Å². The van der Waals surface area contributed by atoms with Gasteiger partial charge in [-0.2, -0.15) is 0 Å². The van der Waals surface area contributed by atoms with Gasteiger partial charge < -0.3 is 15.1 Å². The monoisotopic (exact) mass is 440 g/mol. The minimum Gasteiger partial charge on any atom is -0.371 e. The highest BCUT2D eigenvalue weighted by Crippen LogP contribution is 2.54. The number of aryl methyl sites for hydroxylation is 1. The van der Waals surface area contributed by atoms with E-state index in [2.05, 4.69) is 15.2 Å². The van der Waals surface area contributed by atoms with E-state index in [0.29, 0.717) is 22.5 Å². The summed E-state index contributed by atoms with van der Waals surface area (Å²) in [5.74, 6) is -2.13. The highest BCUT2D eigenvalue weighted by Gasteiger charge is 2.44. The molecule has 5 nitrogen and oxygen atoms in total. The molecule has 2 aliphatic heterocycles. The fourth-order valence-electron chi connectivity index (χ4n) is 4.99. The summed E-state index contributed by atoms with van der Waals surface area (Å²) in [4.78, 5) is 21.9. The molecule has 170 valence electrons. The molecule has 3 heterocycles. The predicted molar refractivity (Wildman–Crippen MR) is 123 cm³/mol. The Kier molecular flexibility index (Phi) is 5.30. The lowest BCUT2D eigenvalue weighted by molar-refractivity contribution is -0.0221. The van der Waals surface area contributed by atoms with E-state index in [4.69, 9.17) is 0 Å². The number of carbonyl (C=O) groups excluding carboxylic acids is 1. The first kappa shape index (κ1) is 21.2. The van der Waals surface area contributed by atoms with Gasteiger partial charge in [-0.15, -0.1) is 0 Å². The van der Waals surface area contributed by atoms with Gasteiger partial charge in [-0.3, -0.25) is 4.79 Å². The lowest BCUT2D eigenvalue weighted by atomic mass is 9.93. The van der Waals surface area contributed by atoms with Gasteiger partial charge in [-0.05, 0) is 56.2 Å². The summed E-state index contributed by atoms with van der Waals surface area (Å²) in [5, 5.41) is 3.02. The Balaban J connectivity index is 1.32. The van der Waals surface area contributed by atoms with E-state index in [0.717, 1.165) is 24.5 Å². The third kappa shape index (κ3) is 4.43. The molecule has 1 N–H and O–H groups in total. The van der Waals surface area contributed by atoms with Gasteiger partial charge in [-0.1, -0.05) is 12.1 Å². The zero-order valence-corrected chi connectivity index (χ0v) is 18.5. The molecule has 0 radical (unpaired) electrons. The number of rotatable bonds is 4. The quantitative estimate of drug-likeness (QED) is 0.705. The maximum Gasteiger partial charge on any atom is 0.257 e. The summed E-state index contributed by atoms with van der Waals surface area (Å²) in [6.45, 7) is 4.35. The molecule has 3 fully saturated rings. The molecule has 32 heavy (non-hydrogen) atoms. The second-order valence-electron chi connectivity index (χ2n) is 9.66. The van der Waals surface area contributed by atoms with Gasteiger partial charge in [0.05, 0.1) is 5.56 Å². The van der Waals surface area contributed by atoms with Crippen LogP contribution in [0, 0.1) is 12.3 Å². The number of amides is 1. The fourth-order valence-corrected chi connectivity index (χ4v) is 4.99. The fraction of sp³-hybridized carbons (Fsp3) is 0.520. The number of piperidine rings is 2. The molecule has 0 atom stereocenters. The first-order valence-electron chi connectivity index (χ1n) is 11.6. The number of alkyl halides is 2. The second kappa shape index (κ2) is 8.01. The van der Waals surface area contributed by atoms with E-state index in [1.165, 1.54) is 25.7 Å². The Morgan fingerprint density at radius 1 is 0.938 bits per heavy atom. The first-order chi connectivity index (χ1) is 15.3. The van der Waals surface area contributed by atoms with E-state index in [1.807, 2.05) is 42.2 Å². The van der Waals surface area contributed by atoms with Crippen molar-refractivity contribution in [3.63, 3.8) is 0 Å². The number of hydrogen-bond donors (Lipinski definition) is 1. The number of pyridine rings is 1. The molecule has 0 unspecified atom stereocenters. The number of halogens is 2. The number of benzene rings is 1. The molecular formula is C25H30F2N4O. The van der Waals surface area contributed by atoms with E-state index < -0.39 is 5.92 Å². The Morgan fingerprint density at radius 3 is 2.28 bits per heavy atom. The van der Waals surface area contributed by atoms with E-state index >= 15 is 0 Å². The van der Waals surface area contributed by atoms with Crippen molar-refractivity contribution < 1.29 is 13.6 Å². The average molecular weight is 441 g/mol. The molecule has 2 saturated heterocycles. The smallest absolute Gasteiger partial charge is 0.257 e. The molecule has 1 aromatic heterocycles. The van der Waals surface area contributed by atoms with Crippen LogP contribution in [0.2, 0.25) is 0 Å². The van der Waals surface area contributed by atoms with Crippen LogP contribution in [0.25, 0.3) is 0 Å². The summed E-state index contributed by atoms with van der Waals surface area (Å²) < 4.78 is 27.1. The minimum atomic E-state index is -2.60. The molecule has 1 amide bonds. The standard InChI is InChI=1S/C25H30F2N4O/c1-18-16-19(17-22(28-18)31-14-10-25(26,27)11-15-31)29-23(32)20-4-2-3-5-21(20)30-12-8-24(6-7-24)9-13-30/h2-5,16-17H,6-15H2,1H3,(H,28,29,32). The molecular weight excluding hydrogens is 410 g/mol. The van der Waals surface area contributed by atoms with E-state index in [1.54, 1.807) is 6.07 Å². The average Bonchev–Trinajstić information content (AvgIpc) is 3.52. The Labute approximate surface area is 187 Å². The van der Waals surface area contributed by atoms with Gasteiger partial charge in [-0.25, -0.2) is 13.8 Å². The normalized spacial score (nSPS) is 21.5. The van der Waals surface area contributed by atoms with Crippen LogP contribution in [0.3, 0.4) is 0 Å². The molecule has 2 aromatic rings. The van der Waals surface area contributed by atoms with Crippen molar-refractivity contribution in [2.24, 2.45) is 5.41 Å². The number of aromatic nitrogens is 1. The predicted octanol–water partition coefficient (Wildman–Crippen LogP) is 5.26. The number of hydrogen-bond acceptors (Lipinski definition) is 4. The molecule has 1 spiro atoms. The Bertz CT molecular complexity index is 1000. The van der Waals surface area contributed by atoms with Crippen LogP contribution >= 0.6 is 0 Å². The molecule has 1 aliphatic carbocycles. The molecule has 1 aromatic carbocycles. The minimum absolute atomic E-state index is 0.158. The summed E-state index contributed by atoms with van der Waals surface area (Å²) in [5.41, 5.74) is 3.60. The zero-order valence-electron chi connectivity index (χ0n) is 18.5. The summed E-state index contributed by atoms with van der Waals surface area (Å²) in [7, 11) is 0. The maximum atomic E-state index is 13.5. The zero-order chi connectivity index (χ0) is 22.3. The number of carbonyl (C=O) groups is 1. The summed E-state index contributed by atoms with van der Waals surface area (Å²) >= 11 is 0. The van der Waals surface area contributed by atoms with Crippen LogP contribution in [-0.4, -0.2) is 43.0 Å². The highest BCUT2D eigenvalue weighted by atomic mass is 19.3. The van der Waals surface area contributed by atoms with Crippen LogP contribution in [0.15, 0.2) is 36.4 Å². The highest BCUT2D eigenvalue weighted by molar-refractivity contribution is 6.08. The van der Waals surface area contributed by atoms with Crippen LogP contribution in [-0.2, 0) is 0 Å². The van der Waals surface area contributed by atoms with Crippen LogP contribution < -0.4 is 15.1 Å². The lowest BCUT2D eigenvalue weighted by Gasteiger charge is -2.34. The van der Waals surface area contributed by atoms with Crippen molar-refractivity contribution in [3.8, 4) is 0 Å². The van der Waals surface area contributed by atoms with Gasteiger partial charge >= 0.3 is 0 Å². The molecule has 5 rings (SSSR count). The molecule has 1 saturated carbocycles. The number of anilines is 3. The number of para-hydroxylation sites is 1.